The van der Waals surface area contributed by atoms with Crippen molar-refractivity contribution in [2.75, 3.05) is 19.7 Å². The largest absolute Gasteiger partial charge is 0.396 e. The minimum absolute atomic E-state index is 0.0303. The Morgan fingerprint density at radius 1 is 1.37 bits per heavy atom. The number of rotatable bonds is 3. The summed E-state index contributed by atoms with van der Waals surface area (Å²) in [5.74, 6) is 0.188. The molecule has 1 aromatic carbocycles. The lowest BCUT2D eigenvalue weighted by Gasteiger charge is -2.38. The van der Waals surface area contributed by atoms with E-state index in [1.165, 1.54) is 0 Å². The van der Waals surface area contributed by atoms with E-state index in [0.29, 0.717) is 18.7 Å². The Balaban J connectivity index is 1.83. The molecule has 0 atom stereocenters. The summed E-state index contributed by atoms with van der Waals surface area (Å²) in [5.41, 5.74) is 2.28. The zero-order valence-corrected chi connectivity index (χ0v) is 10.4. The van der Waals surface area contributed by atoms with Crippen molar-refractivity contribution in [1.82, 2.24) is 15.1 Å². The van der Waals surface area contributed by atoms with Crippen LogP contribution in [0.5, 0.6) is 0 Å². The van der Waals surface area contributed by atoms with E-state index in [-0.39, 0.29) is 18.4 Å². The lowest BCUT2D eigenvalue weighted by molar-refractivity contribution is 0.0363. The lowest BCUT2D eigenvalue weighted by Crippen LogP contribution is -2.51. The fourth-order valence-electron chi connectivity index (χ4n) is 2.29. The maximum atomic E-state index is 12.3. The fraction of sp³-hybridized carbons (Fsp3) is 0.286. The number of amides is 1. The van der Waals surface area contributed by atoms with Gasteiger partial charge in [-0.3, -0.25) is 9.89 Å². The number of likely N-dealkylation sites (tertiary alicyclic amines) is 1. The van der Waals surface area contributed by atoms with Crippen molar-refractivity contribution in [2.45, 2.75) is 0 Å². The molecule has 0 saturated carbocycles. The number of hydrogen-bond acceptors (Lipinski definition) is 3. The third kappa shape index (κ3) is 2.13. The number of aliphatic hydroxyl groups excluding tert-OH is 1. The summed E-state index contributed by atoms with van der Waals surface area (Å²) in [4.78, 5) is 14.1. The van der Waals surface area contributed by atoms with Crippen LogP contribution in [0.25, 0.3) is 11.3 Å². The molecule has 0 bridgehead atoms. The molecular formula is C14H15N3O2. The molecular weight excluding hydrogens is 242 g/mol. The number of nitrogens with zero attached hydrogens (tertiary/aromatic N) is 2. The molecule has 0 aliphatic carbocycles. The van der Waals surface area contributed by atoms with Gasteiger partial charge < -0.3 is 10.0 Å². The lowest BCUT2D eigenvalue weighted by atomic mass is 9.99. The number of hydrogen-bond donors (Lipinski definition) is 2. The first-order valence-electron chi connectivity index (χ1n) is 6.28. The van der Waals surface area contributed by atoms with Crippen LogP contribution in [0.3, 0.4) is 0 Å². The van der Waals surface area contributed by atoms with Gasteiger partial charge in [0.25, 0.3) is 5.91 Å². The van der Waals surface area contributed by atoms with Crippen LogP contribution in [0.2, 0.25) is 0 Å². The second kappa shape index (κ2) is 4.85. The van der Waals surface area contributed by atoms with Gasteiger partial charge in [0, 0.05) is 31.2 Å². The van der Waals surface area contributed by atoms with Crippen molar-refractivity contribution < 1.29 is 9.90 Å². The van der Waals surface area contributed by atoms with Crippen LogP contribution >= 0.6 is 0 Å². The summed E-state index contributed by atoms with van der Waals surface area (Å²) in [7, 11) is 0. The van der Waals surface area contributed by atoms with E-state index in [2.05, 4.69) is 10.2 Å². The summed E-state index contributed by atoms with van der Waals surface area (Å²) < 4.78 is 0. The van der Waals surface area contributed by atoms with E-state index in [0.717, 1.165) is 11.3 Å². The average Bonchev–Trinajstić information content (AvgIpc) is 2.87. The van der Waals surface area contributed by atoms with Gasteiger partial charge >= 0.3 is 0 Å². The summed E-state index contributed by atoms with van der Waals surface area (Å²) >= 11 is 0. The van der Waals surface area contributed by atoms with E-state index < -0.39 is 0 Å². The van der Waals surface area contributed by atoms with Crippen LogP contribution in [0.4, 0.5) is 0 Å². The first-order valence-corrected chi connectivity index (χ1v) is 6.28. The molecule has 19 heavy (non-hydrogen) atoms. The normalized spacial score (nSPS) is 15.3. The van der Waals surface area contributed by atoms with Crippen LogP contribution in [0.1, 0.15) is 10.4 Å². The summed E-state index contributed by atoms with van der Waals surface area (Å²) in [5, 5.41) is 15.9. The van der Waals surface area contributed by atoms with Crippen LogP contribution in [-0.4, -0.2) is 45.8 Å². The van der Waals surface area contributed by atoms with E-state index in [9.17, 15) is 4.79 Å². The molecule has 1 saturated heterocycles. The number of carbonyl (C=O) groups is 1. The third-order valence-electron chi connectivity index (χ3n) is 3.43. The number of aromatic nitrogens is 2. The predicted molar refractivity (Wildman–Crippen MR) is 70.5 cm³/mol. The van der Waals surface area contributed by atoms with Gasteiger partial charge in [0.2, 0.25) is 0 Å². The zero-order chi connectivity index (χ0) is 13.2. The van der Waals surface area contributed by atoms with E-state index in [1.54, 1.807) is 11.1 Å². The smallest absolute Gasteiger partial charge is 0.257 e. The van der Waals surface area contributed by atoms with Gasteiger partial charge in [-0.2, -0.15) is 5.10 Å². The number of benzene rings is 1. The summed E-state index contributed by atoms with van der Waals surface area (Å²) in [6.07, 6.45) is 1.57. The van der Waals surface area contributed by atoms with Crippen LogP contribution in [0, 0.1) is 5.92 Å². The Bertz CT molecular complexity index is 573. The van der Waals surface area contributed by atoms with E-state index in [4.69, 9.17) is 5.11 Å². The van der Waals surface area contributed by atoms with Gasteiger partial charge in [-0.05, 0) is 0 Å². The molecule has 2 N–H and O–H groups in total. The topological polar surface area (TPSA) is 69.2 Å². The van der Waals surface area contributed by atoms with Crippen molar-refractivity contribution in [2.24, 2.45) is 5.92 Å². The highest BCUT2D eigenvalue weighted by molar-refractivity contribution is 6.00. The Hall–Kier alpha value is -2.14. The van der Waals surface area contributed by atoms with Crippen molar-refractivity contribution in [3.8, 4) is 11.3 Å². The minimum atomic E-state index is -0.0303. The highest BCUT2D eigenvalue weighted by atomic mass is 16.3. The Morgan fingerprint density at radius 2 is 2.11 bits per heavy atom. The Kier molecular flexibility index (Phi) is 3.05. The van der Waals surface area contributed by atoms with Gasteiger partial charge in [0.05, 0.1) is 17.5 Å². The Morgan fingerprint density at radius 3 is 2.79 bits per heavy atom. The monoisotopic (exact) mass is 257 g/mol. The second-order valence-electron chi connectivity index (χ2n) is 4.78. The van der Waals surface area contributed by atoms with Gasteiger partial charge in [0.1, 0.15) is 0 Å². The molecule has 1 aliphatic heterocycles. The number of aliphatic hydroxyl groups is 1. The third-order valence-corrected chi connectivity index (χ3v) is 3.43. The molecule has 3 rings (SSSR count). The standard InChI is InChI=1S/C14H15N3O2/c18-9-10-7-17(8-10)14(19)12-6-15-16-13(12)11-4-2-1-3-5-11/h1-6,10,18H,7-9H2,(H,15,16). The molecule has 0 radical (unpaired) electrons. The van der Waals surface area contributed by atoms with E-state index >= 15 is 0 Å². The molecule has 0 spiro atoms. The number of H-pyrrole nitrogens is 1. The molecule has 1 amide bonds. The highest BCUT2D eigenvalue weighted by Gasteiger charge is 2.32. The van der Waals surface area contributed by atoms with Gasteiger partial charge in [-0.1, -0.05) is 30.3 Å². The van der Waals surface area contributed by atoms with Crippen LogP contribution in [0.15, 0.2) is 36.5 Å². The van der Waals surface area contributed by atoms with E-state index in [1.807, 2.05) is 30.3 Å². The van der Waals surface area contributed by atoms with Crippen molar-refractivity contribution in [3.05, 3.63) is 42.1 Å². The van der Waals surface area contributed by atoms with Crippen molar-refractivity contribution in [1.29, 1.82) is 0 Å². The SMILES string of the molecule is O=C(c1cn[nH]c1-c1ccccc1)N1CC(CO)C1. The summed E-state index contributed by atoms with van der Waals surface area (Å²) in [6, 6.07) is 9.67. The van der Waals surface area contributed by atoms with Gasteiger partial charge in [0.15, 0.2) is 0 Å². The minimum Gasteiger partial charge on any atom is -0.396 e. The maximum Gasteiger partial charge on any atom is 0.257 e. The summed E-state index contributed by atoms with van der Waals surface area (Å²) in [6.45, 7) is 1.38. The zero-order valence-electron chi connectivity index (χ0n) is 10.4. The maximum absolute atomic E-state index is 12.3. The molecule has 5 heteroatoms. The number of nitrogens with one attached hydrogen (secondary N) is 1. The molecule has 2 heterocycles. The first-order chi connectivity index (χ1) is 9.29. The quantitative estimate of drug-likeness (QED) is 0.866. The molecule has 1 aliphatic rings. The van der Waals surface area contributed by atoms with Crippen molar-refractivity contribution in [3.63, 3.8) is 0 Å². The molecule has 5 nitrogen and oxygen atoms in total. The van der Waals surface area contributed by atoms with Crippen LogP contribution in [-0.2, 0) is 0 Å². The highest BCUT2D eigenvalue weighted by Crippen LogP contribution is 2.24. The number of aromatic amines is 1. The first kappa shape index (κ1) is 11.9. The van der Waals surface area contributed by atoms with Gasteiger partial charge in [-0.15, -0.1) is 0 Å². The van der Waals surface area contributed by atoms with Gasteiger partial charge in [-0.25, -0.2) is 0 Å². The second-order valence-corrected chi connectivity index (χ2v) is 4.78. The molecule has 2 aromatic rings. The predicted octanol–water partition coefficient (Wildman–Crippen LogP) is 1.14. The molecule has 1 fully saturated rings. The van der Waals surface area contributed by atoms with Crippen molar-refractivity contribution >= 4 is 5.91 Å². The molecule has 1 aromatic heterocycles. The molecule has 98 valence electrons. The van der Waals surface area contributed by atoms with Crippen LogP contribution < -0.4 is 0 Å². The number of carbonyl (C=O) groups excluding carboxylic acids is 1. The fourth-order valence-corrected chi connectivity index (χ4v) is 2.29. The average molecular weight is 257 g/mol. The molecule has 0 unspecified atom stereocenters. The Labute approximate surface area is 110 Å².